The van der Waals surface area contributed by atoms with Crippen molar-refractivity contribution in [1.82, 2.24) is 4.98 Å². The number of urea groups is 1. The first-order valence-corrected chi connectivity index (χ1v) is 8.75. The number of nitrogens with zero attached hydrogens (tertiary/aromatic N) is 1. The van der Waals surface area contributed by atoms with Crippen molar-refractivity contribution in [2.45, 2.75) is 6.92 Å². The van der Waals surface area contributed by atoms with Crippen molar-refractivity contribution < 1.29 is 9.53 Å². The summed E-state index contributed by atoms with van der Waals surface area (Å²) in [4.78, 5) is 16.5. The number of amides is 2. The van der Waals surface area contributed by atoms with E-state index in [-0.39, 0.29) is 6.03 Å². The summed E-state index contributed by atoms with van der Waals surface area (Å²) in [5, 5.41) is 8.51. The molecule has 0 bridgehead atoms. The Balaban J connectivity index is 1.68. The maximum absolute atomic E-state index is 12.0. The fraction of sp³-hybridized carbons (Fsp3) is 0.111. The van der Waals surface area contributed by atoms with Gasteiger partial charge in [0.05, 0.1) is 12.8 Å². The van der Waals surface area contributed by atoms with Crippen LogP contribution in [0.2, 0.25) is 5.02 Å². The lowest BCUT2D eigenvalue weighted by Gasteiger charge is -2.06. The zero-order valence-corrected chi connectivity index (χ0v) is 15.2. The van der Waals surface area contributed by atoms with E-state index in [1.165, 1.54) is 11.3 Å². The minimum absolute atomic E-state index is 0.353. The van der Waals surface area contributed by atoms with Crippen molar-refractivity contribution in [3.63, 3.8) is 0 Å². The van der Waals surface area contributed by atoms with Gasteiger partial charge in [-0.3, -0.25) is 5.32 Å². The lowest BCUT2D eigenvalue weighted by atomic mass is 10.1. The van der Waals surface area contributed by atoms with Gasteiger partial charge in [0.2, 0.25) is 0 Å². The third-order valence-corrected chi connectivity index (χ3v) is 4.53. The summed E-state index contributed by atoms with van der Waals surface area (Å²) in [5.74, 6) is 0.833. The monoisotopic (exact) mass is 373 g/mol. The van der Waals surface area contributed by atoms with E-state index in [2.05, 4.69) is 15.6 Å². The van der Waals surface area contributed by atoms with Gasteiger partial charge in [0.15, 0.2) is 5.13 Å². The van der Waals surface area contributed by atoms with Crippen LogP contribution in [0.25, 0.3) is 11.3 Å². The van der Waals surface area contributed by atoms with Gasteiger partial charge in [-0.25, -0.2) is 9.78 Å². The van der Waals surface area contributed by atoms with Crippen LogP contribution >= 0.6 is 22.9 Å². The van der Waals surface area contributed by atoms with Crippen molar-refractivity contribution in [2.24, 2.45) is 0 Å². The molecule has 128 valence electrons. The van der Waals surface area contributed by atoms with Gasteiger partial charge < -0.3 is 10.1 Å². The second-order valence-corrected chi connectivity index (χ2v) is 6.60. The number of carbonyl (C=O) groups is 1. The molecule has 0 unspecified atom stereocenters. The molecule has 0 aliphatic heterocycles. The predicted octanol–water partition coefficient (Wildman–Crippen LogP) is 5.42. The standard InChI is InChI=1S/C18H16ClN3O2S/c1-11-9-12(3-8-16(11)24-2)15-10-25-18(21-15)22-17(23)20-14-6-4-13(19)5-7-14/h3-10H,1-2H3,(H2,20,21,22,23). The number of ether oxygens (including phenoxy) is 1. The normalized spacial score (nSPS) is 10.4. The Kier molecular flexibility index (Phi) is 5.21. The quantitative estimate of drug-likeness (QED) is 0.641. The van der Waals surface area contributed by atoms with Gasteiger partial charge in [-0.05, 0) is 55.0 Å². The van der Waals surface area contributed by atoms with Crippen molar-refractivity contribution in [1.29, 1.82) is 0 Å². The second-order valence-electron chi connectivity index (χ2n) is 5.31. The molecule has 0 atom stereocenters. The number of halogens is 1. The molecule has 3 aromatic rings. The van der Waals surface area contributed by atoms with Crippen LogP contribution in [0.4, 0.5) is 15.6 Å². The third kappa shape index (κ3) is 4.29. The summed E-state index contributed by atoms with van der Waals surface area (Å²) < 4.78 is 5.27. The molecule has 2 amide bonds. The molecule has 7 heteroatoms. The molecule has 1 aromatic heterocycles. The van der Waals surface area contributed by atoms with Crippen molar-refractivity contribution in [3.05, 3.63) is 58.4 Å². The van der Waals surface area contributed by atoms with Gasteiger partial charge in [0.25, 0.3) is 0 Å². The lowest BCUT2D eigenvalue weighted by molar-refractivity contribution is 0.262. The number of methoxy groups -OCH3 is 1. The van der Waals surface area contributed by atoms with E-state index in [4.69, 9.17) is 16.3 Å². The highest BCUT2D eigenvalue weighted by molar-refractivity contribution is 7.14. The number of rotatable bonds is 4. The van der Waals surface area contributed by atoms with Crippen LogP contribution in [-0.4, -0.2) is 18.1 Å². The Labute approximate surface area is 154 Å². The van der Waals surface area contributed by atoms with Crippen LogP contribution in [0.15, 0.2) is 47.8 Å². The van der Waals surface area contributed by atoms with Crippen LogP contribution in [0.5, 0.6) is 5.75 Å². The molecular formula is C18H16ClN3O2S. The first-order valence-electron chi connectivity index (χ1n) is 7.49. The maximum atomic E-state index is 12.0. The summed E-state index contributed by atoms with van der Waals surface area (Å²) in [6.07, 6.45) is 0. The Morgan fingerprint density at radius 3 is 2.60 bits per heavy atom. The predicted molar refractivity (Wildman–Crippen MR) is 103 cm³/mol. The highest BCUT2D eigenvalue weighted by atomic mass is 35.5. The Hall–Kier alpha value is -2.57. The Morgan fingerprint density at radius 1 is 1.16 bits per heavy atom. The van der Waals surface area contributed by atoms with Gasteiger partial charge >= 0.3 is 6.03 Å². The Morgan fingerprint density at radius 2 is 1.92 bits per heavy atom. The van der Waals surface area contributed by atoms with Gasteiger partial charge in [-0.2, -0.15) is 0 Å². The molecule has 0 saturated carbocycles. The molecule has 0 saturated heterocycles. The van der Waals surface area contributed by atoms with Crippen LogP contribution in [0.3, 0.4) is 0 Å². The minimum Gasteiger partial charge on any atom is -0.496 e. The van der Waals surface area contributed by atoms with Gasteiger partial charge in [0, 0.05) is 21.7 Å². The zero-order valence-electron chi connectivity index (χ0n) is 13.7. The van der Waals surface area contributed by atoms with Gasteiger partial charge in [-0.1, -0.05) is 11.6 Å². The fourth-order valence-corrected chi connectivity index (χ4v) is 3.13. The van der Waals surface area contributed by atoms with Crippen molar-refractivity contribution in [2.75, 3.05) is 17.7 Å². The average Bonchev–Trinajstić information content (AvgIpc) is 3.05. The van der Waals surface area contributed by atoms with Crippen molar-refractivity contribution in [3.8, 4) is 17.0 Å². The highest BCUT2D eigenvalue weighted by Crippen LogP contribution is 2.28. The number of carbonyl (C=O) groups excluding carboxylic acids is 1. The summed E-state index contributed by atoms with van der Waals surface area (Å²) in [5.41, 5.74) is 3.46. The molecular weight excluding hydrogens is 358 g/mol. The molecule has 2 N–H and O–H groups in total. The molecule has 3 rings (SSSR count). The number of anilines is 2. The molecule has 5 nitrogen and oxygen atoms in total. The summed E-state index contributed by atoms with van der Waals surface area (Å²) in [6, 6.07) is 12.4. The van der Waals surface area contributed by atoms with E-state index < -0.39 is 0 Å². The van der Waals surface area contributed by atoms with Gasteiger partial charge in [-0.15, -0.1) is 11.3 Å². The SMILES string of the molecule is COc1ccc(-c2csc(NC(=O)Nc3ccc(Cl)cc3)n2)cc1C. The summed E-state index contributed by atoms with van der Waals surface area (Å²) in [6.45, 7) is 1.98. The molecule has 0 spiro atoms. The van der Waals surface area contributed by atoms with E-state index in [1.54, 1.807) is 31.4 Å². The average molecular weight is 374 g/mol. The molecule has 0 radical (unpaired) electrons. The van der Waals surface area contributed by atoms with Crippen LogP contribution < -0.4 is 15.4 Å². The molecule has 0 aliphatic rings. The number of nitrogens with one attached hydrogen (secondary N) is 2. The zero-order chi connectivity index (χ0) is 17.8. The number of aryl methyl sites for hydroxylation is 1. The second kappa shape index (κ2) is 7.55. The molecule has 1 heterocycles. The van der Waals surface area contributed by atoms with Crippen LogP contribution in [0.1, 0.15) is 5.56 Å². The van der Waals surface area contributed by atoms with Crippen molar-refractivity contribution >= 4 is 39.8 Å². The number of hydrogen-bond acceptors (Lipinski definition) is 4. The minimum atomic E-state index is -0.353. The Bertz CT molecular complexity index is 894. The first kappa shape index (κ1) is 17.3. The number of aromatic nitrogens is 1. The van der Waals surface area contributed by atoms with Crippen LogP contribution in [0, 0.1) is 6.92 Å². The van der Waals surface area contributed by atoms with E-state index in [1.807, 2.05) is 30.5 Å². The van der Waals surface area contributed by atoms with E-state index >= 15 is 0 Å². The smallest absolute Gasteiger partial charge is 0.325 e. The number of thiazole rings is 1. The first-order chi connectivity index (χ1) is 12.0. The summed E-state index contributed by atoms with van der Waals surface area (Å²) >= 11 is 7.19. The van der Waals surface area contributed by atoms with Crippen LogP contribution in [-0.2, 0) is 0 Å². The molecule has 0 fully saturated rings. The number of hydrogen-bond donors (Lipinski definition) is 2. The largest absolute Gasteiger partial charge is 0.496 e. The molecule has 25 heavy (non-hydrogen) atoms. The maximum Gasteiger partial charge on any atom is 0.325 e. The molecule has 0 aliphatic carbocycles. The topological polar surface area (TPSA) is 63.2 Å². The van der Waals surface area contributed by atoms with E-state index in [0.717, 1.165) is 22.6 Å². The third-order valence-electron chi connectivity index (χ3n) is 3.52. The number of benzene rings is 2. The van der Waals surface area contributed by atoms with E-state index in [9.17, 15) is 4.79 Å². The lowest BCUT2D eigenvalue weighted by Crippen LogP contribution is -2.19. The fourth-order valence-electron chi connectivity index (χ4n) is 2.29. The highest BCUT2D eigenvalue weighted by Gasteiger charge is 2.09. The van der Waals surface area contributed by atoms with E-state index in [0.29, 0.717) is 15.8 Å². The molecule has 2 aromatic carbocycles. The summed E-state index contributed by atoms with van der Waals surface area (Å²) in [7, 11) is 1.65. The van der Waals surface area contributed by atoms with Gasteiger partial charge in [0.1, 0.15) is 5.75 Å².